The summed E-state index contributed by atoms with van der Waals surface area (Å²) in [6.45, 7) is 1.94. The number of morpholine rings is 1. The fourth-order valence-electron chi connectivity index (χ4n) is 0.938. The van der Waals surface area contributed by atoms with Crippen molar-refractivity contribution in [2.45, 2.75) is 19.3 Å². The Hall–Kier alpha value is -0.610. The molecule has 4 heteroatoms. The molecule has 0 aromatic heterocycles. The molecule has 1 saturated heterocycles. The number of hydrogen-bond donors (Lipinski definition) is 1. The standard InChI is InChI=1S/C6H11NO3/c1-4-6(9-2)10-3-5(8)7-4/h4,6H,3H2,1-2H3,(H,7,8)/t4-,6-/m0/s1. The third-order valence-corrected chi connectivity index (χ3v) is 1.41. The first-order valence-electron chi connectivity index (χ1n) is 3.18. The molecule has 0 spiro atoms. The van der Waals surface area contributed by atoms with Crippen molar-refractivity contribution in [3.8, 4) is 0 Å². The van der Waals surface area contributed by atoms with E-state index >= 15 is 0 Å². The largest absolute Gasteiger partial charge is 0.354 e. The van der Waals surface area contributed by atoms with Crippen molar-refractivity contribution >= 4 is 5.91 Å². The Morgan fingerprint density at radius 3 is 3.00 bits per heavy atom. The van der Waals surface area contributed by atoms with Crippen LogP contribution in [0, 0.1) is 0 Å². The van der Waals surface area contributed by atoms with Crippen LogP contribution in [0.3, 0.4) is 0 Å². The van der Waals surface area contributed by atoms with Gasteiger partial charge in [0.1, 0.15) is 6.61 Å². The minimum absolute atomic E-state index is 0.0498. The minimum Gasteiger partial charge on any atom is -0.354 e. The molecule has 1 amide bonds. The van der Waals surface area contributed by atoms with Crippen LogP contribution in [0.25, 0.3) is 0 Å². The summed E-state index contributed by atoms with van der Waals surface area (Å²) in [5.41, 5.74) is 0. The number of methoxy groups -OCH3 is 1. The van der Waals surface area contributed by atoms with Crippen molar-refractivity contribution in [3.05, 3.63) is 0 Å². The van der Waals surface area contributed by atoms with Gasteiger partial charge >= 0.3 is 0 Å². The first-order chi connectivity index (χ1) is 4.74. The van der Waals surface area contributed by atoms with Gasteiger partial charge in [-0.2, -0.15) is 0 Å². The summed E-state index contributed by atoms with van der Waals surface area (Å²) >= 11 is 0. The number of carbonyl (C=O) groups is 1. The monoisotopic (exact) mass is 145 g/mol. The van der Waals surface area contributed by atoms with Gasteiger partial charge in [-0.3, -0.25) is 4.79 Å². The average molecular weight is 145 g/mol. The van der Waals surface area contributed by atoms with E-state index in [1.54, 1.807) is 7.11 Å². The second-order valence-corrected chi connectivity index (χ2v) is 2.27. The second-order valence-electron chi connectivity index (χ2n) is 2.27. The molecule has 1 N–H and O–H groups in total. The first-order valence-corrected chi connectivity index (χ1v) is 3.18. The van der Waals surface area contributed by atoms with Crippen LogP contribution < -0.4 is 5.32 Å². The summed E-state index contributed by atoms with van der Waals surface area (Å²) in [5, 5.41) is 2.69. The Labute approximate surface area is 59.5 Å². The molecule has 1 heterocycles. The molecule has 2 atom stereocenters. The SMILES string of the molecule is CO[C@H]1OCC(=O)N[C@H]1C. The van der Waals surface area contributed by atoms with Gasteiger partial charge in [0.15, 0.2) is 6.29 Å². The lowest BCUT2D eigenvalue weighted by Gasteiger charge is -2.28. The van der Waals surface area contributed by atoms with Crippen molar-refractivity contribution < 1.29 is 14.3 Å². The topological polar surface area (TPSA) is 47.6 Å². The van der Waals surface area contributed by atoms with E-state index in [-0.39, 0.29) is 24.8 Å². The van der Waals surface area contributed by atoms with Gasteiger partial charge in [0.05, 0.1) is 6.04 Å². The zero-order chi connectivity index (χ0) is 7.56. The van der Waals surface area contributed by atoms with Crippen LogP contribution in [0.2, 0.25) is 0 Å². The molecule has 1 rings (SSSR count). The normalized spacial score (nSPS) is 33.6. The third kappa shape index (κ3) is 1.46. The number of hydrogen-bond acceptors (Lipinski definition) is 3. The number of carbonyl (C=O) groups excluding carboxylic acids is 1. The lowest BCUT2D eigenvalue weighted by atomic mass is 10.3. The van der Waals surface area contributed by atoms with Gasteiger partial charge in [-0.25, -0.2) is 0 Å². The summed E-state index contributed by atoms with van der Waals surface area (Å²) in [4.78, 5) is 10.6. The van der Waals surface area contributed by atoms with Crippen LogP contribution >= 0.6 is 0 Å². The minimum atomic E-state index is -0.294. The van der Waals surface area contributed by atoms with Crippen LogP contribution in [0.5, 0.6) is 0 Å². The van der Waals surface area contributed by atoms with Crippen LogP contribution in [0.4, 0.5) is 0 Å². The molecular formula is C6H11NO3. The number of ether oxygens (including phenoxy) is 2. The predicted molar refractivity (Wildman–Crippen MR) is 34.4 cm³/mol. The molecular weight excluding hydrogens is 134 g/mol. The summed E-state index contributed by atoms with van der Waals surface area (Å²) in [6, 6.07) is -0.0498. The molecule has 1 aliphatic heterocycles. The molecule has 0 bridgehead atoms. The summed E-state index contributed by atoms with van der Waals surface area (Å²) in [5.74, 6) is -0.0826. The summed E-state index contributed by atoms with van der Waals surface area (Å²) in [7, 11) is 1.55. The zero-order valence-corrected chi connectivity index (χ0v) is 6.09. The molecule has 0 aromatic carbocycles. The highest BCUT2D eigenvalue weighted by Crippen LogP contribution is 2.04. The van der Waals surface area contributed by atoms with Crippen LogP contribution in [-0.4, -0.2) is 32.0 Å². The molecule has 0 radical (unpaired) electrons. The van der Waals surface area contributed by atoms with E-state index in [4.69, 9.17) is 9.47 Å². The number of amides is 1. The van der Waals surface area contributed by atoms with Crippen LogP contribution in [0.15, 0.2) is 0 Å². The lowest BCUT2D eigenvalue weighted by Crippen LogP contribution is -2.50. The molecule has 0 aliphatic carbocycles. The van der Waals surface area contributed by atoms with Crippen molar-refractivity contribution in [3.63, 3.8) is 0 Å². The molecule has 58 valence electrons. The highest BCUT2D eigenvalue weighted by atomic mass is 16.7. The Morgan fingerprint density at radius 2 is 2.50 bits per heavy atom. The lowest BCUT2D eigenvalue weighted by molar-refractivity contribution is -0.173. The molecule has 1 aliphatic rings. The third-order valence-electron chi connectivity index (χ3n) is 1.41. The maximum absolute atomic E-state index is 10.6. The van der Waals surface area contributed by atoms with Crippen molar-refractivity contribution in [1.82, 2.24) is 5.32 Å². The fraction of sp³-hybridized carbons (Fsp3) is 0.833. The number of rotatable bonds is 1. The maximum Gasteiger partial charge on any atom is 0.246 e. The van der Waals surface area contributed by atoms with Crippen LogP contribution in [0.1, 0.15) is 6.92 Å². The van der Waals surface area contributed by atoms with Crippen molar-refractivity contribution in [2.24, 2.45) is 0 Å². The van der Waals surface area contributed by atoms with Gasteiger partial charge in [-0.15, -0.1) is 0 Å². The number of nitrogens with one attached hydrogen (secondary N) is 1. The quantitative estimate of drug-likeness (QED) is 0.540. The highest BCUT2D eigenvalue weighted by molar-refractivity contribution is 5.78. The molecule has 1 fully saturated rings. The van der Waals surface area contributed by atoms with E-state index in [9.17, 15) is 4.79 Å². The van der Waals surface area contributed by atoms with Gasteiger partial charge in [0.25, 0.3) is 0 Å². The summed E-state index contributed by atoms with van der Waals surface area (Å²) in [6.07, 6.45) is -0.294. The average Bonchev–Trinajstić information content (AvgIpc) is 1.88. The van der Waals surface area contributed by atoms with E-state index in [1.807, 2.05) is 6.92 Å². The molecule has 4 nitrogen and oxygen atoms in total. The van der Waals surface area contributed by atoms with Crippen molar-refractivity contribution in [1.29, 1.82) is 0 Å². The maximum atomic E-state index is 10.6. The van der Waals surface area contributed by atoms with Crippen LogP contribution in [-0.2, 0) is 14.3 Å². The van der Waals surface area contributed by atoms with Gasteiger partial charge in [0.2, 0.25) is 5.91 Å². The van der Waals surface area contributed by atoms with Gasteiger partial charge in [-0.1, -0.05) is 0 Å². The molecule has 0 saturated carbocycles. The van der Waals surface area contributed by atoms with Crippen molar-refractivity contribution in [2.75, 3.05) is 13.7 Å². The first kappa shape index (κ1) is 7.50. The predicted octanol–water partition coefficient (Wildman–Crippen LogP) is -0.506. The molecule has 0 aromatic rings. The van der Waals surface area contributed by atoms with E-state index < -0.39 is 0 Å². The van der Waals surface area contributed by atoms with E-state index in [0.29, 0.717) is 0 Å². The van der Waals surface area contributed by atoms with Gasteiger partial charge < -0.3 is 14.8 Å². The Bertz CT molecular complexity index is 137. The molecule has 10 heavy (non-hydrogen) atoms. The Morgan fingerprint density at radius 1 is 1.80 bits per heavy atom. The van der Waals surface area contributed by atoms with E-state index in [0.717, 1.165) is 0 Å². The van der Waals surface area contributed by atoms with E-state index in [2.05, 4.69) is 5.32 Å². The molecule has 0 unspecified atom stereocenters. The second kappa shape index (κ2) is 2.98. The summed E-state index contributed by atoms with van der Waals surface area (Å²) < 4.78 is 9.93. The fourth-order valence-corrected chi connectivity index (χ4v) is 0.938. The highest BCUT2D eigenvalue weighted by Gasteiger charge is 2.24. The Balaban J connectivity index is 2.43. The van der Waals surface area contributed by atoms with Gasteiger partial charge in [-0.05, 0) is 6.92 Å². The van der Waals surface area contributed by atoms with E-state index in [1.165, 1.54) is 0 Å². The zero-order valence-electron chi connectivity index (χ0n) is 6.09. The van der Waals surface area contributed by atoms with Gasteiger partial charge in [0, 0.05) is 7.11 Å². The smallest absolute Gasteiger partial charge is 0.246 e. The Kier molecular flexibility index (Phi) is 2.24.